The molecule has 162 valence electrons. The highest BCUT2D eigenvalue weighted by Crippen LogP contribution is 2.49. The molecular weight excluding hydrogens is 432 g/mol. The van der Waals surface area contributed by atoms with Crippen molar-refractivity contribution < 1.29 is 9.32 Å². The van der Waals surface area contributed by atoms with Gasteiger partial charge in [0.1, 0.15) is 5.60 Å². The average Bonchev–Trinajstić information content (AvgIpc) is 2.86. The molecule has 0 saturated carbocycles. The van der Waals surface area contributed by atoms with Crippen LogP contribution in [0.25, 0.3) is 0 Å². The van der Waals surface area contributed by atoms with Crippen molar-refractivity contribution in [1.82, 2.24) is 0 Å². The maximum atomic E-state index is 13.6. The lowest BCUT2D eigenvalue weighted by atomic mass is 9.81. The molecule has 0 radical (unpaired) electrons. The summed E-state index contributed by atoms with van der Waals surface area (Å²) in [5, 5.41) is 12.0. The number of benzene rings is 4. The molecule has 0 aliphatic rings. The smallest absolute Gasteiger partial charge is 0.130 e. The molecule has 0 amide bonds. The van der Waals surface area contributed by atoms with Crippen LogP contribution < -0.4 is 0 Å². The zero-order chi connectivity index (χ0) is 22.6. The van der Waals surface area contributed by atoms with Gasteiger partial charge in [-0.3, -0.25) is 0 Å². The summed E-state index contributed by atoms with van der Waals surface area (Å²) in [5.74, 6) is 0. The third kappa shape index (κ3) is 4.31. The van der Waals surface area contributed by atoms with E-state index in [1.165, 1.54) is 0 Å². The van der Waals surface area contributed by atoms with E-state index in [0.29, 0.717) is 0 Å². The first-order valence-corrected chi connectivity index (χ1v) is 12.9. The van der Waals surface area contributed by atoms with E-state index in [1.807, 2.05) is 122 Å². The highest BCUT2D eigenvalue weighted by atomic mass is 32.2. The van der Waals surface area contributed by atoms with Crippen molar-refractivity contribution in [1.29, 1.82) is 0 Å². The lowest BCUT2D eigenvalue weighted by Crippen LogP contribution is -2.34. The summed E-state index contributed by atoms with van der Waals surface area (Å²) in [5.41, 5.74) is 2.32. The van der Waals surface area contributed by atoms with E-state index < -0.39 is 16.4 Å². The molecule has 0 fully saturated rings. The molecule has 1 N–H and O–H groups in total. The van der Waals surface area contributed by atoms with Crippen molar-refractivity contribution in [2.24, 2.45) is 0 Å². The van der Waals surface area contributed by atoms with Gasteiger partial charge in [-0.05, 0) is 48.1 Å². The fourth-order valence-corrected chi connectivity index (χ4v) is 6.42. The quantitative estimate of drug-likeness (QED) is 0.343. The highest BCUT2D eigenvalue weighted by Gasteiger charge is 2.42. The molecule has 4 aromatic rings. The molecule has 4 rings (SSSR count). The Labute approximate surface area is 196 Å². The molecule has 0 bridgehead atoms. The lowest BCUT2D eigenvalue weighted by molar-refractivity contribution is 0.0771. The van der Waals surface area contributed by atoms with Crippen molar-refractivity contribution in [2.75, 3.05) is 6.26 Å². The Morgan fingerprint density at radius 2 is 1.25 bits per heavy atom. The summed E-state index contributed by atoms with van der Waals surface area (Å²) in [7, 11) is -1.36. The van der Waals surface area contributed by atoms with Crippen LogP contribution in [-0.4, -0.2) is 15.6 Å². The molecule has 0 heterocycles. The minimum absolute atomic E-state index is 0.363. The molecule has 0 spiro atoms. The Morgan fingerprint density at radius 3 is 1.78 bits per heavy atom. The maximum absolute atomic E-state index is 13.6. The van der Waals surface area contributed by atoms with Crippen LogP contribution in [0.15, 0.2) is 119 Å². The van der Waals surface area contributed by atoms with Gasteiger partial charge in [0.05, 0.1) is 16.0 Å². The van der Waals surface area contributed by atoms with E-state index in [-0.39, 0.29) is 5.25 Å². The van der Waals surface area contributed by atoms with Crippen molar-refractivity contribution in [3.8, 4) is 0 Å². The molecule has 4 heteroatoms. The van der Waals surface area contributed by atoms with Gasteiger partial charge in [-0.2, -0.15) is 11.8 Å². The highest BCUT2D eigenvalue weighted by molar-refractivity contribution is 7.99. The second-order valence-corrected chi connectivity index (χ2v) is 10.1. The maximum Gasteiger partial charge on any atom is 0.130 e. The molecule has 4 aromatic carbocycles. The van der Waals surface area contributed by atoms with Crippen LogP contribution in [0.3, 0.4) is 0 Å². The Morgan fingerprint density at radius 1 is 0.750 bits per heavy atom. The number of thioether (sulfide) groups is 1. The van der Waals surface area contributed by atoms with Crippen LogP contribution in [0, 0.1) is 6.92 Å². The summed E-state index contributed by atoms with van der Waals surface area (Å²) in [4.78, 5) is 1.48. The average molecular weight is 459 g/mol. The van der Waals surface area contributed by atoms with Gasteiger partial charge in [0, 0.05) is 9.79 Å². The zero-order valence-corrected chi connectivity index (χ0v) is 19.8. The Hall–Kier alpha value is -2.66. The second-order valence-electron chi connectivity index (χ2n) is 7.73. The monoisotopic (exact) mass is 458 g/mol. The minimum atomic E-state index is -1.36. The van der Waals surface area contributed by atoms with Crippen LogP contribution in [0.4, 0.5) is 0 Å². The zero-order valence-electron chi connectivity index (χ0n) is 18.1. The second kappa shape index (κ2) is 9.86. The Balaban J connectivity index is 1.89. The van der Waals surface area contributed by atoms with Gasteiger partial charge in [-0.15, -0.1) is 0 Å². The fourth-order valence-electron chi connectivity index (χ4n) is 4.03. The van der Waals surface area contributed by atoms with Crippen molar-refractivity contribution in [2.45, 2.75) is 27.6 Å². The first-order chi connectivity index (χ1) is 15.6. The third-order valence-electron chi connectivity index (χ3n) is 5.68. The van der Waals surface area contributed by atoms with E-state index in [1.54, 1.807) is 11.8 Å². The SMILES string of the molecule is CS[C@H](c1ccccc1[S@@](=O)c1ccc(C)cc1)C(O)(c1ccccc1)c1ccccc1. The van der Waals surface area contributed by atoms with Crippen LogP contribution in [0.5, 0.6) is 0 Å². The Bertz CT molecular complexity index is 1150. The van der Waals surface area contributed by atoms with Crippen LogP contribution in [0.2, 0.25) is 0 Å². The topological polar surface area (TPSA) is 37.3 Å². The standard InChI is InChI=1S/C28H26O2S2/c1-21-17-19-24(20-18-21)32(30)26-16-10-9-15-25(26)27(31-2)28(29,22-11-5-3-6-12-22)23-13-7-4-8-14-23/h3-20,27,29H,1-2H3/t27-,32+/m1/s1. The lowest BCUT2D eigenvalue weighted by Gasteiger charge is -2.37. The van der Waals surface area contributed by atoms with Crippen molar-refractivity contribution >= 4 is 22.6 Å². The van der Waals surface area contributed by atoms with Crippen molar-refractivity contribution in [3.05, 3.63) is 131 Å². The number of hydrogen-bond donors (Lipinski definition) is 1. The predicted molar refractivity (Wildman–Crippen MR) is 134 cm³/mol. The summed E-state index contributed by atoms with van der Waals surface area (Å²) in [6.45, 7) is 2.02. The van der Waals surface area contributed by atoms with Gasteiger partial charge < -0.3 is 5.11 Å². The fraction of sp³-hybridized carbons (Fsp3) is 0.143. The minimum Gasteiger partial charge on any atom is -0.379 e. The molecule has 32 heavy (non-hydrogen) atoms. The van der Waals surface area contributed by atoms with E-state index in [4.69, 9.17) is 0 Å². The first kappa shape index (κ1) is 22.5. The van der Waals surface area contributed by atoms with Crippen LogP contribution in [0.1, 0.15) is 27.5 Å². The number of aryl methyl sites for hydroxylation is 1. The molecule has 2 atom stereocenters. The van der Waals surface area contributed by atoms with E-state index >= 15 is 0 Å². The van der Waals surface area contributed by atoms with Crippen LogP contribution in [-0.2, 0) is 16.4 Å². The van der Waals surface area contributed by atoms with E-state index in [0.717, 1.165) is 32.0 Å². The van der Waals surface area contributed by atoms with Gasteiger partial charge in [0.2, 0.25) is 0 Å². The van der Waals surface area contributed by atoms with Gasteiger partial charge in [-0.1, -0.05) is 96.6 Å². The molecular formula is C28H26O2S2. The molecule has 0 aliphatic carbocycles. The van der Waals surface area contributed by atoms with Crippen molar-refractivity contribution in [3.63, 3.8) is 0 Å². The number of hydrogen-bond acceptors (Lipinski definition) is 3. The van der Waals surface area contributed by atoms with Gasteiger partial charge in [0.25, 0.3) is 0 Å². The van der Waals surface area contributed by atoms with Crippen LogP contribution >= 0.6 is 11.8 Å². The van der Waals surface area contributed by atoms with Gasteiger partial charge in [-0.25, -0.2) is 4.21 Å². The normalized spacial score (nSPS) is 13.5. The van der Waals surface area contributed by atoms with E-state index in [9.17, 15) is 9.32 Å². The number of aliphatic hydroxyl groups is 1. The summed E-state index contributed by atoms with van der Waals surface area (Å²) in [6.07, 6.45) is 1.99. The van der Waals surface area contributed by atoms with Gasteiger partial charge in [0.15, 0.2) is 0 Å². The predicted octanol–water partition coefficient (Wildman–Crippen LogP) is 6.50. The third-order valence-corrected chi connectivity index (χ3v) is 8.22. The molecule has 2 nitrogen and oxygen atoms in total. The largest absolute Gasteiger partial charge is 0.379 e. The first-order valence-electron chi connectivity index (χ1n) is 10.5. The summed E-state index contributed by atoms with van der Waals surface area (Å²) in [6, 6.07) is 35.0. The summed E-state index contributed by atoms with van der Waals surface area (Å²) >= 11 is 1.56. The molecule has 0 aromatic heterocycles. The molecule has 0 saturated heterocycles. The Kier molecular flexibility index (Phi) is 6.95. The summed E-state index contributed by atoms with van der Waals surface area (Å²) < 4.78 is 13.6. The molecule has 0 aliphatic heterocycles. The van der Waals surface area contributed by atoms with E-state index in [2.05, 4.69) is 0 Å². The molecule has 0 unspecified atom stereocenters. The van der Waals surface area contributed by atoms with Gasteiger partial charge >= 0.3 is 0 Å². The number of rotatable bonds is 7.